The molecule has 0 heterocycles. The lowest BCUT2D eigenvalue weighted by Gasteiger charge is -2.19. The highest BCUT2D eigenvalue weighted by Crippen LogP contribution is 2.31. The van der Waals surface area contributed by atoms with Crippen LogP contribution >= 0.6 is 0 Å². The maximum absolute atomic E-state index is 5.94. The van der Waals surface area contributed by atoms with E-state index < -0.39 is 0 Å². The first-order chi connectivity index (χ1) is 8.81. The number of hydrogen-bond donors (Lipinski definition) is 1. The average molecular weight is 247 g/mol. The van der Waals surface area contributed by atoms with Crippen LogP contribution in [-0.2, 0) is 6.42 Å². The summed E-state index contributed by atoms with van der Waals surface area (Å²) in [5, 5.41) is 0. The third kappa shape index (κ3) is 3.74. The van der Waals surface area contributed by atoms with Gasteiger partial charge in [0.05, 0.1) is 7.11 Å². The molecule has 100 valence electrons. The summed E-state index contributed by atoms with van der Waals surface area (Å²) in [6, 6.07) is 8.38. The van der Waals surface area contributed by atoms with Crippen LogP contribution in [0.3, 0.4) is 0 Å². The lowest BCUT2D eigenvalue weighted by molar-refractivity contribution is 0.378. The quantitative estimate of drug-likeness (QED) is 0.836. The van der Waals surface area contributed by atoms with Gasteiger partial charge in [0.25, 0.3) is 0 Å². The standard InChI is InChI=1S/C16H25NO/c1-18-16-8-4-7-14(11-16)10-15(12-17)9-13-5-2-3-6-13/h4,7-8,11,13,15H,2-3,5-6,9-10,12,17H2,1H3. The molecular formula is C16H25NO. The SMILES string of the molecule is COc1cccc(CC(CN)CC2CCCC2)c1. The number of rotatable bonds is 6. The minimum atomic E-state index is 0.625. The van der Waals surface area contributed by atoms with Gasteiger partial charge in [0.2, 0.25) is 0 Å². The molecule has 1 saturated carbocycles. The molecule has 1 unspecified atom stereocenters. The Balaban J connectivity index is 1.91. The molecule has 1 aliphatic rings. The Labute approximate surface area is 111 Å². The van der Waals surface area contributed by atoms with Crippen molar-refractivity contribution in [2.75, 3.05) is 13.7 Å². The molecular weight excluding hydrogens is 222 g/mol. The molecule has 1 aliphatic carbocycles. The summed E-state index contributed by atoms with van der Waals surface area (Å²) < 4.78 is 5.27. The molecule has 0 amide bonds. The van der Waals surface area contributed by atoms with Crippen LogP contribution < -0.4 is 10.5 Å². The van der Waals surface area contributed by atoms with Crippen LogP contribution in [-0.4, -0.2) is 13.7 Å². The Bertz CT molecular complexity index is 358. The molecule has 2 nitrogen and oxygen atoms in total. The van der Waals surface area contributed by atoms with Crippen molar-refractivity contribution >= 4 is 0 Å². The molecule has 2 N–H and O–H groups in total. The predicted octanol–water partition coefficient (Wildman–Crippen LogP) is 3.39. The zero-order valence-corrected chi connectivity index (χ0v) is 11.4. The summed E-state index contributed by atoms with van der Waals surface area (Å²) in [6.45, 7) is 0.799. The van der Waals surface area contributed by atoms with Crippen LogP contribution in [0.2, 0.25) is 0 Å². The predicted molar refractivity (Wildman–Crippen MR) is 75.8 cm³/mol. The second-order valence-electron chi connectivity index (χ2n) is 5.54. The first-order valence-corrected chi connectivity index (χ1v) is 7.15. The summed E-state index contributed by atoms with van der Waals surface area (Å²) >= 11 is 0. The minimum absolute atomic E-state index is 0.625. The minimum Gasteiger partial charge on any atom is -0.497 e. The monoisotopic (exact) mass is 247 g/mol. The second-order valence-corrected chi connectivity index (χ2v) is 5.54. The fourth-order valence-corrected chi connectivity index (χ4v) is 3.11. The Morgan fingerprint density at radius 1 is 1.33 bits per heavy atom. The summed E-state index contributed by atoms with van der Waals surface area (Å²) in [5.41, 5.74) is 7.29. The van der Waals surface area contributed by atoms with Crippen LogP contribution in [0.25, 0.3) is 0 Å². The third-order valence-corrected chi connectivity index (χ3v) is 4.13. The number of methoxy groups -OCH3 is 1. The summed E-state index contributed by atoms with van der Waals surface area (Å²) in [5.74, 6) is 2.49. The lowest BCUT2D eigenvalue weighted by atomic mass is 9.88. The number of benzene rings is 1. The van der Waals surface area contributed by atoms with E-state index >= 15 is 0 Å². The van der Waals surface area contributed by atoms with Crippen molar-refractivity contribution in [2.45, 2.75) is 38.5 Å². The summed E-state index contributed by atoms with van der Waals surface area (Å²) in [4.78, 5) is 0. The highest BCUT2D eigenvalue weighted by Gasteiger charge is 2.19. The van der Waals surface area contributed by atoms with Crippen LogP contribution in [0.15, 0.2) is 24.3 Å². The van der Waals surface area contributed by atoms with E-state index in [1.54, 1.807) is 7.11 Å². The maximum atomic E-state index is 5.94. The van der Waals surface area contributed by atoms with Gasteiger partial charge in [0.15, 0.2) is 0 Å². The molecule has 0 radical (unpaired) electrons. The van der Waals surface area contributed by atoms with E-state index in [9.17, 15) is 0 Å². The Morgan fingerprint density at radius 2 is 2.11 bits per heavy atom. The van der Waals surface area contributed by atoms with Gasteiger partial charge < -0.3 is 10.5 Å². The molecule has 1 aromatic carbocycles. The summed E-state index contributed by atoms with van der Waals surface area (Å²) in [6.07, 6.45) is 8.05. The van der Waals surface area contributed by atoms with Crippen molar-refractivity contribution in [1.82, 2.24) is 0 Å². The van der Waals surface area contributed by atoms with E-state index in [-0.39, 0.29) is 0 Å². The highest BCUT2D eigenvalue weighted by atomic mass is 16.5. The number of ether oxygens (including phenoxy) is 1. The molecule has 1 fully saturated rings. The van der Waals surface area contributed by atoms with Gasteiger partial charge in [-0.1, -0.05) is 37.8 Å². The van der Waals surface area contributed by atoms with E-state index in [1.807, 2.05) is 6.07 Å². The molecule has 0 bridgehead atoms. The van der Waals surface area contributed by atoms with Gasteiger partial charge >= 0.3 is 0 Å². The normalized spacial score (nSPS) is 17.9. The van der Waals surface area contributed by atoms with Gasteiger partial charge in [0.1, 0.15) is 5.75 Å². The van der Waals surface area contributed by atoms with Crippen molar-refractivity contribution in [3.63, 3.8) is 0 Å². The number of hydrogen-bond acceptors (Lipinski definition) is 2. The van der Waals surface area contributed by atoms with E-state index in [1.165, 1.54) is 37.7 Å². The molecule has 0 saturated heterocycles. The van der Waals surface area contributed by atoms with Gasteiger partial charge in [0, 0.05) is 0 Å². The van der Waals surface area contributed by atoms with Gasteiger partial charge in [-0.3, -0.25) is 0 Å². The van der Waals surface area contributed by atoms with Gasteiger partial charge in [-0.05, 0) is 48.9 Å². The molecule has 0 aliphatic heterocycles. The fourth-order valence-electron chi connectivity index (χ4n) is 3.11. The molecule has 1 atom stereocenters. The zero-order valence-electron chi connectivity index (χ0n) is 11.4. The van der Waals surface area contributed by atoms with Crippen LogP contribution in [0.1, 0.15) is 37.7 Å². The van der Waals surface area contributed by atoms with Gasteiger partial charge in [-0.15, -0.1) is 0 Å². The number of nitrogens with two attached hydrogens (primary N) is 1. The molecule has 18 heavy (non-hydrogen) atoms. The maximum Gasteiger partial charge on any atom is 0.119 e. The topological polar surface area (TPSA) is 35.2 Å². The molecule has 2 rings (SSSR count). The molecule has 2 heteroatoms. The van der Waals surface area contributed by atoms with Crippen molar-refractivity contribution < 1.29 is 4.74 Å². The highest BCUT2D eigenvalue weighted by molar-refractivity contribution is 5.28. The largest absolute Gasteiger partial charge is 0.497 e. The van der Waals surface area contributed by atoms with Gasteiger partial charge in [-0.25, -0.2) is 0 Å². The first kappa shape index (κ1) is 13.4. The van der Waals surface area contributed by atoms with Crippen molar-refractivity contribution in [1.29, 1.82) is 0 Å². The van der Waals surface area contributed by atoms with E-state index in [0.29, 0.717) is 5.92 Å². The molecule has 0 spiro atoms. The lowest BCUT2D eigenvalue weighted by Crippen LogP contribution is -2.19. The molecule has 1 aromatic rings. The van der Waals surface area contributed by atoms with Crippen molar-refractivity contribution in [3.8, 4) is 5.75 Å². The first-order valence-electron chi connectivity index (χ1n) is 7.15. The Morgan fingerprint density at radius 3 is 2.78 bits per heavy atom. The Kier molecular flexibility index (Phi) is 5.06. The Hall–Kier alpha value is -1.02. The fraction of sp³-hybridized carbons (Fsp3) is 0.625. The zero-order chi connectivity index (χ0) is 12.8. The van der Waals surface area contributed by atoms with Crippen LogP contribution in [0.4, 0.5) is 0 Å². The van der Waals surface area contributed by atoms with Crippen molar-refractivity contribution in [2.24, 2.45) is 17.6 Å². The van der Waals surface area contributed by atoms with E-state index in [0.717, 1.165) is 24.6 Å². The summed E-state index contributed by atoms with van der Waals surface area (Å²) in [7, 11) is 1.72. The van der Waals surface area contributed by atoms with E-state index in [4.69, 9.17) is 10.5 Å². The molecule has 0 aromatic heterocycles. The van der Waals surface area contributed by atoms with Crippen LogP contribution in [0.5, 0.6) is 5.75 Å². The second kappa shape index (κ2) is 6.79. The van der Waals surface area contributed by atoms with Crippen molar-refractivity contribution in [3.05, 3.63) is 29.8 Å². The average Bonchev–Trinajstić information content (AvgIpc) is 2.91. The van der Waals surface area contributed by atoms with E-state index in [2.05, 4.69) is 18.2 Å². The van der Waals surface area contributed by atoms with Crippen LogP contribution in [0, 0.1) is 11.8 Å². The third-order valence-electron chi connectivity index (χ3n) is 4.13. The van der Waals surface area contributed by atoms with Gasteiger partial charge in [-0.2, -0.15) is 0 Å². The smallest absolute Gasteiger partial charge is 0.119 e.